The number of amides is 3. The number of rotatable bonds is 13. The van der Waals surface area contributed by atoms with E-state index in [0.717, 1.165) is 28.8 Å². The molecule has 3 unspecified atom stereocenters. The maximum Gasteiger partial charge on any atom is 0.407 e. The van der Waals surface area contributed by atoms with Gasteiger partial charge < -0.3 is 40.0 Å². The van der Waals surface area contributed by atoms with Crippen LogP contribution in [0.1, 0.15) is 44.7 Å². The first-order chi connectivity index (χ1) is 24.0. The Balaban J connectivity index is 1.35. The first-order valence-electron chi connectivity index (χ1n) is 17.1. The fourth-order valence-corrected chi connectivity index (χ4v) is 6.43. The van der Waals surface area contributed by atoms with Crippen LogP contribution in [0.2, 0.25) is 0 Å². The van der Waals surface area contributed by atoms with E-state index in [2.05, 4.69) is 20.9 Å². The van der Waals surface area contributed by atoms with E-state index < -0.39 is 53.8 Å². The molecular weight excluding hydrogens is 640 g/mol. The molecule has 4 N–H and O–H groups in total. The van der Waals surface area contributed by atoms with Crippen LogP contribution in [0.4, 0.5) is 9.59 Å². The molecule has 3 aromatic rings. The molecule has 3 heterocycles. The molecule has 2 aliphatic rings. The van der Waals surface area contributed by atoms with Gasteiger partial charge in [-0.2, -0.15) is 0 Å². The number of nitrogens with zero attached hydrogens (tertiary/aromatic N) is 1. The van der Waals surface area contributed by atoms with Crippen LogP contribution in [0, 0.1) is 11.3 Å². The van der Waals surface area contributed by atoms with Gasteiger partial charge in [-0.25, -0.2) is 9.59 Å². The second-order valence-electron chi connectivity index (χ2n) is 14.0. The van der Waals surface area contributed by atoms with Crippen molar-refractivity contribution < 1.29 is 38.4 Å². The number of hydrogen-bond donors (Lipinski definition) is 4. The van der Waals surface area contributed by atoms with Crippen molar-refractivity contribution in [2.75, 3.05) is 20.3 Å². The van der Waals surface area contributed by atoms with Crippen molar-refractivity contribution in [2.45, 2.75) is 83.1 Å². The van der Waals surface area contributed by atoms with Crippen LogP contribution in [0.3, 0.4) is 0 Å². The van der Waals surface area contributed by atoms with Crippen molar-refractivity contribution >= 4 is 18.1 Å². The number of hydrogen-bond acceptors (Lipinski definition) is 9. The van der Waals surface area contributed by atoms with Gasteiger partial charge in [-0.05, 0) is 54.4 Å². The fraction of sp³-hybridized carbons (Fsp3) is 0.474. The summed E-state index contributed by atoms with van der Waals surface area (Å²) in [6, 6.07) is 20.8. The van der Waals surface area contributed by atoms with Crippen LogP contribution in [0.5, 0.6) is 0 Å². The van der Waals surface area contributed by atoms with Crippen LogP contribution in [-0.2, 0) is 36.6 Å². The molecule has 0 saturated carbocycles. The quantitative estimate of drug-likeness (QED) is 0.204. The summed E-state index contributed by atoms with van der Waals surface area (Å²) >= 11 is 0. The van der Waals surface area contributed by atoms with Gasteiger partial charge in [0, 0.05) is 17.8 Å². The van der Waals surface area contributed by atoms with Gasteiger partial charge in [-0.3, -0.25) is 9.78 Å². The number of methoxy groups -OCH3 is 1. The fourth-order valence-electron chi connectivity index (χ4n) is 6.43. The molecular formula is C38H48N4O8. The number of nitrogens with one attached hydrogen (secondary N) is 3. The molecule has 7 atom stereocenters. The monoisotopic (exact) mass is 688 g/mol. The third-order valence-electron chi connectivity index (χ3n) is 9.15. The van der Waals surface area contributed by atoms with E-state index in [9.17, 15) is 19.5 Å². The van der Waals surface area contributed by atoms with Crippen LogP contribution < -0.4 is 16.0 Å². The minimum atomic E-state index is -1.11. The summed E-state index contributed by atoms with van der Waals surface area (Å²) in [5.41, 5.74) is 2.90. The normalized spacial score (nSPS) is 20.9. The van der Waals surface area contributed by atoms with Gasteiger partial charge in [-0.1, -0.05) is 81.4 Å². The van der Waals surface area contributed by atoms with E-state index in [1.807, 2.05) is 93.6 Å². The van der Waals surface area contributed by atoms with E-state index >= 15 is 0 Å². The van der Waals surface area contributed by atoms with Crippen molar-refractivity contribution in [3.63, 3.8) is 0 Å². The highest BCUT2D eigenvalue weighted by molar-refractivity contribution is 5.86. The Morgan fingerprint density at radius 3 is 2.30 bits per heavy atom. The largest absolute Gasteiger partial charge is 0.453 e. The Labute approximate surface area is 293 Å². The molecule has 3 amide bonds. The summed E-state index contributed by atoms with van der Waals surface area (Å²) in [5, 5.41) is 20.5. The molecule has 12 nitrogen and oxygen atoms in total. The summed E-state index contributed by atoms with van der Waals surface area (Å²) in [5.74, 6) is -0.490. The molecule has 1 aromatic heterocycles. The molecule has 2 aliphatic heterocycles. The topological polar surface area (TPSA) is 157 Å². The number of carbonyl (C=O) groups is 3. The number of benzene rings is 2. The summed E-state index contributed by atoms with van der Waals surface area (Å²) in [6.07, 6.45) is 0.0237. The Bertz CT molecular complexity index is 1550. The van der Waals surface area contributed by atoms with Gasteiger partial charge in [0.2, 0.25) is 5.91 Å². The summed E-state index contributed by atoms with van der Waals surface area (Å²) < 4.78 is 21.8. The van der Waals surface area contributed by atoms with Crippen molar-refractivity contribution in [2.24, 2.45) is 11.3 Å². The average molecular weight is 689 g/mol. The molecule has 0 spiro atoms. The Morgan fingerprint density at radius 1 is 0.900 bits per heavy atom. The maximum absolute atomic E-state index is 13.8. The zero-order valence-corrected chi connectivity index (χ0v) is 29.0. The number of carbonyl (C=O) groups excluding carboxylic acids is 3. The van der Waals surface area contributed by atoms with Crippen LogP contribution >= 0.6 is 0 Å². The summed E-state index contributed by atoms with van der Waals surface area (Å²) in [7, 11) is 1.23. The number of alkyl carbamates (subject to hydrolysis) is 2. The standard InChI is InChI=1S/C38H48N4O8/c1-38(2,3)33(42-36(45)47-4)34(44)41-30(21-25-13-15-26(16-14-25)29-12-8-9-18-39-29)31(43)22-27(20-24-10-6-5-7-11-24)40-37(46)50-32-23-49-35-28(32)17-19-48-35/h5-16,18,27-28,30-33,35,43H,17,19-23H2,1-4H3,(H,40,46)(H,41,44)(H,42,45)/t27-,28?,30-,31-,32?,33+,35?/m0/s1. The minimum Gasteiger partial charge on any atom is -0.453 e. The summed E-state index contributed by atoms with van der Waals surface area (Å²) in [6.45, 7) is 6.31. The van der Waals surface area contributed by atoms with E-state index in [1.165, 1.54) is 7.11 Å². The van der Waals surface area contributed by atoms with E-state index in [-0.39, 0.29) is 31.7 Å². The first kappa shape index (κ1) is 36.8. The van der Waals surface area contributed by atoms with Gasteiger partial charge in [-0.15, -0.1) is 0 Å². The highest BCUT2D eigenvalue weighted by atomic mass is 16.7. The predicted octanol–water partition coefficient (Wildman–Crippen LogP) is 4.40. The lowest BCUT2D eigenvalue weighted by atomic mass is 9.85. The Morgan fingerprint density at radius 2 is 1.62 bits per heavy atom. The van der Waals surface area contributed by atoms with Crippen molar-refractivity contribution in [1.29, 1.82) is 0 Å². The molecule has 2 saturated heterocycles. The van der Waals surface area contributed by atoms with Gasteiger partial charge >= 0.3 is 12.2 Å². The van der Waals surface area contributed by atoms with Crippen LogP contribution in [0.15, 0.2) is 79.0 Å². The number of ether oxygens (including phenoxy) is 4. The highest BCUT2D eigenvalue weighted by Gasteiger charge is 2.44. The van der Waals surface area contributed by atoms with Gasteiger partial charge in [0.05, 0.1) is 44.1 Å². The van der Waals surface area contributed by atoms with E-state index in [4.69, 9.17) is 18.9 Å². The number of aliphatic hydroxyl groups excluding tert-OH is 1. The lowest BCUT2D eigenvalue weighted by molar-refractivity contribution is -0.127. The van der Waals surface area contributed by atoms with Gasteiger partial charge in [0.25, 0.3) is 0 Å². The molecule has 0 bridgehead atoms. The molecule has 5 rings (SSSR count). The van der Waals surface area contributed by atoms with Crippen molar-refractivity contribution in [3.05, 3.63) is 90.1 Å². The lowest BCUT2D eigenvalue weighted by Crippen LogP contribution is -2.58. The molecule has 0 aliphatic carbocycles. The average Bonchev–Trinajstić information content (AvgIpc) is 3.72. The van der Waals surface area contributed by atoms with Gasteiger partial charge in [0.1, 0.15) is 12.1 Å². The van der Waals surface area contributed by atoms with Crippen molar-refractivity contribution in [1.82, 2.24) is 20.9 Å². The van der Waals surface area contributed by atoms with Crippen LogP contribution in [-0.4, -0.2) is 85.1 Å². The molecule has 50 heavy (non-hydrogen) atoms. The maximum atomic E-state index is 13.8. The van der Waals surface area contributed by atoms with E-state index in [1.54, 1.807) is 6.20 Å². The number of aromatic nitrogens is 1. The van der Waals surface area contributed by atoms with Crippen LogP contribution in [0.25, 0.3) is 11.3 Å². The second-order valence-corrected chi connectivity index (χ2v) is 14.0. The first-order valence-corrected chi connectivity index (χ1v) is 17.1. The SMILES string of the molecule is COC(=O)N[C@H](C(=O)N[C@@H](Cc1ccc(-c2ccccn2)cc1)[C@@H](O)C[C@H](Cc1ccccc1)NC(=O)OC1COC2OCCC12)C(C)(C)C. The number of aliphatic hydroxyl groups is 1. The molecule has 12 heteroatoms. The predicted molar refractivity (Wildman–Crippen MR) is 186 cm³/mol. The van der Waals surface area contributed by atoms with E-state index in [0.29, 0.717) is 13.0 Å². The molecule has 268 valence electrons. The third-order valence-corrected chi connectivity index (χ3v) is 9.15. The zero-order chi connectivity index (χ0) is 35.7. The van der Waals surface area contributed by atoms with Gasteiger partial charge in [0.15, 0.2) is 6.29 Å². The zero-order valence-electron chi connectivity index (χ0n) is 29.0. The minimum absolute atomic E-state index is 0.0167. The smallest absolute Gasteiger partial charge is 0.407 e. The number of pyridine rings is 1. The Kier molecular flexibility index (Phi) is 12.4. The molecule has 0 radical (unpaired) electrons. The number of fused-ring (bicyclic) bond motifs is 1. The molecule has 2 aromatic carbocycles. The third kappa shape index (κ3) is 10.0. The highest BCUT2D eigenvalue weighted by Crippen LogP contribution is 2.33. The lowest BCUT2D eigenvalue weighted by Gasteiger charge is -2.33. The summed E-state index contributed by atoms with van der Waals surface area (Å²) in [4.78, 5) is 43.7. The second kappa shape index (κ2) is 16.9. The van der Waals surface area contributed by atoms with Crippen molar-refractivity contribution in [3.8, 4) is 11.3 Å². The Hall–Kier alpha value is -4.52. The molecule has 2 fully saturated rings.